The third kappa shape index (κ3) is 2.41. The van der Waals surface area contributed by atoms with Crippen molar-refractivity contribution in [2.45, 2.75) is 0 Å². The minimum absolute atomic E-state index is 0.236. The van der Waals surface area contributed by atoms with Crippen LogP contribution in [-0.4, -0.2) is 10.9 Å². The van der Waals surface area contributed by atoms with Gasteiger partial charge in [-0.3, -0.25) is 10.1 Å². The zero-order valence-electron chi connectivity index (χ0n) is 10.4. The molecule has 5 nitrogen and oxygen atoms in total. The van der Waals surface area contributed by atoms with Crippen LogP contribution in [0.25, 0.3) is 11.3 Å². The normalized spacial score (nSPS) is 10.4. The van der Waals surface area contributed by atoms with E-state index in [1.165, 1.54) is 17.6 Å². The molecule has 2 aromatic heterocycles. The SMILES string of the molecule is Nc1sc(NC(=O)c2ccco2)nc1-c1ccccc1. The average Bonchev–Trinajstić information content (AvgIpc) is 3.09. The summed E-state index contributed by atoms with van der Waals surface area (Å²) in [5.41, 5.74) is 7.54. The third-order valence-corrected chi connectivity index (χ3v) is 3.47. The summed E-state index contributed by atoms with van der Waals surface area (Å²) >= 11 is 1.23. The Morgan fingerprint density at radius 2 is 2.00 bits per heavy atom. The predicted molar refractivity (Wildman–Crippen MR) is 78.6 cm³/mol. The number of amides is 1. The summed E-state index contributed by atoms with van der Waals surface area (Å²) in [7, 11) is 0. The van der Waals surface area contributed by atoms with Crippen molar-refractivity contribution >= 4 is 27.4 Å². The molecule has 6 heteroatoms. The van der Waals surface area contributed by atoms with Gasteiger partial charge in [-0.1, -0.05) is 41.7 Å². The number of benzene rings is 1. The lowest BCUT2D eigenvalue weighted by Gasteiger charge is -1.97. The molecule has 0 radical (unpaired) electrons. The topological polar surface area (TPSA) is 81.1 Å². The molecule has 0 spiro atoms. The van der Waals surface area contributed by atoms with Crippen LogP contribution in [0, 0.1) is 0 Å². The fourth-order valence-electron chi connectivity index (χ4n) is 1.75. The second-order valence-electron chi connectivity index (χ2n) is 4.03. The molecule has 0 bridgehead atoms. The van der Waals surface area contributed by atoms with Crippen molar-refractivity contribution < 1.29 is 9.21 Å². The number of furan rings is 1. The maximum Gasteiger partial charge on any atom is 0.293 e. The zero-order valence-corrected chi connectivity index (χ0v) is 11.2. The molecule has 3 aromatic rings. The van der Waals surface area contributed by atoms with Crippen molar-refractivity contribution in [2.24, 2.45) is 0 Å². The molecule has 3 rings (SSSR count). The zero-order chi connectivity index (χ0) is 13.9. The van der Waals surface area contributed by atoms with Crippen molar-refractivity contribution in [1.82, 2.24) is 4.98 Å². The van der Waals surface area contributed by atoms with Crippen LogP contribution in [-0.2, 0) is 0 Å². The standard InChI is InChI=1S/C14H11N3O2S/c15-12-11(9-5-2-1-3-6-9)16-14(20-12)17-13(18)10-7-4-8-19-10/h1-8H,15H2,(H,16,17,18). The average molecular weight is 285 g/mol. The Kier molecular flexibility index (Phi) is 3.22. The molecule has 1 amide bonds. The van der Waals surface area contributed by atoms with Gasteiger partial charge in [0.2, 0.25) is 0 Å². The molecule has 1 aromatic carbocycles. The van der Waals surface area contributed by atoms with E-state index in [0.29, 0.717) is 15.8 Å². The number of nitrogens with one attached hydrogen (secondary N) is 1. The molecule has 0 aliphatic carbocycles. The summed E-state index contributed by atoms with van der Waals surface area (Å²) in [5.74, 6) is -0.108. The molecule has 0 aliphatic heterocycles. The van der Waals surface area contributed by atoms with Gasteiger partial charge in [-0.15, -0.1) is 0 Å². The van der Waals surface area contributed by atoms with Crippen LogP contribution >= 0.6 is 11.3 Å². The van der Waals surface area contributed by atoms with Crippen LogP contribution in [0.2, 0.25) is 0 Å². The largest absolute Gasteiger partial charge is 0.459 e. The summed E-state index contributed by atoms with van der Waals surface area (Å²) in [4.78, 5) is 16.2. The molecule has 3 N–H and O–H groups in total. The van der Waals surface area contributed by atoms with Gasteiger partial charge in [0.15, 0.2) is 10.9 Å². The van der Waals surface area contributed by atoms with Gasteiger partial charge < -0.3 is 10.2 Å². The summed E-state index contributed by atoms with van der Waals surface area (Å²) in [6.45, 7) is 0. The van der Waals surface area contributed by atoms with Gasteiger partial charge >= 0.3 is 0 Å². The lowest BCUT2D eigenvalue weighted by Crippen LogP contribution is -2.10. The van der Waals surface area contributed by atoms with Crippen molar-refractivity contribution in [3.05, 3.63) is 54.5 Å². The molecule has 100 valence electrons. The molecule has 0 saturated heterocycles. The molecular weight excluding hydrogens is 274 g/mol. The number of thiazole rings is 1. The lowest BCUT2D eigenvalue weighted by atomic mass is 10.2. The Morgan fingerprint density at radius 1 is 1.20 bits per heavy atom. The Balaban J connectivity index is 1.85. The highest BCUT2D eigenvalue weighted by Crippen LogP contribution is 2.33. The van der Waals surface area contributed by atoms with Gasteiger partial charge in [0.05, 0.1) is 6.26 Å². The van der Waals surface area contributed by atoms with E-state index in [4.69, 9.17) is 10.2 Å². The number of nitrogen functional groups attached to an aromatic ring is 1. The molecular formula is C14H11N3O2S. The monoisotopic (exact) mass is 285 g/mol. The number of anilines is 2. The van der Waals surface area contributed by atoms with E-state index < -0.39 is 0 Å². The first-order valence-corrected chi connectivity index (χ1v) is 6.72. The highest BCUT2D eigenvalue weighted by Gasteiger charge is 2.14. The first-order valence-electron chi connectivity index (χ1n) is 5.90. The maximum atomic E-state index is 11.9. The summed E-state index contributed by atoms with van der Waals surface area (Å²) in [6.07, 6.45) is 1.44. The van der Waals surface area contributed by atoms with Crippen LogP contribution in [0.3, 0.4) is 0 Å². The Bertz CT molecular complexity index is 720. The van der Waals surface area contributed by atoms with Crippen molar-refractivity contribution in [3.8, 4) is 11.3 Å². The second-order valence-corrected chi connectivity index (χ2v) is 5.06. The molecule has 0 fully saturated rings. The van der Waals surface area contributed by atoms with Gasteiger partial charge in [-0.25, -0.2) is 4.98 Å². The van der Waals surface area contributed by atoms with Crippen LogP contribution in [0.4, 0.5) is 10.1 Å². The van der Waals surface area contributed by atoms with Gasteiger partial charge in [-0.2, -0.15) is 0 Å². The predicted octanol–water partition coefficient (Wildman–Crippen LogP) is 3.24. The van der Waals surface area contributed by atoms with Gasteiger partial charge in [0, 0.05) is 5.56 Å². The molecule has 0 saturated carbocycles. The van der Waals surface area contributed by atoms with E-state index in [9.17, 15) is 4.79 Å². The second kappa shape index (κ2) is 5.18. The molecule has 2 heterocycles. The van der Waals surface area contributed by atoms with E-state index in [0.717, 1.165) is 5.56 Å². The minimum Gasteiger partial charge on any atom is -0.459 e. The summed E-state index contributed by atoms with van der Waals surface area (Å²) < 4.78 is 5.02. The highest BCUT2D eigenvalue weighted by atomic mass is 32.1. The number of hydrogen-bond acceptors (Lipinski definition) is 5. The van der Waals surface area contributed by atoms with Crippen LogP contribution in [0.15, 0.2) is 53.1 Å². The first-order chi connectivity index (χ1) is 9.74. The minimum atomic E-state index is -0.344. The van der Waals surface area contributed by atoms with Crippen LogP contribution in [0.5, 0.6) is 0 Å². The summed E-state index contributed by atoms with van der Waals surface area (Å²) in [6, 6.07) is 12.8. The van der Waals surface area contributed by atoms with Gasteiger partial charge in [-0.05, 0) is 12.1 Å². The van der Waals surface area contributed by atoms with Crippen molar-refractivity contribution in [2.75, 3.05) is 11.1 Å². The third-order valence-electron chi connectivity index (χ3n) is 2.67. The van der Waals surface area contributed by atoms with E-state index in [1.807, 2.05) is 30.3 Å². The Hall–Kier alpha value is -2.60. The quantitative estimate of drug-likeness (QED) is 0.774. The number of carbonyl (C=O) groups excluding carboxylic acids is 1. The van der Waals surface area contributed by atoms with Crippen LogP contribution < -0.4 is 11.1 Å². The number of hydrogen-bond donors (Lipinski definition) is 2. The lowest BCUT2D eigenvalue weighted by molar-refractivity contribution is 0.0996. The number of carbonyl (C=O) groups is 1. The Morgan fingerprint density at radius 3 is 2.70 bits per heavy atom. The highest BCUT2D eigenvalue weighted by molar-refractivity contribution is 7.20. The number of nitrogens with two attached hydrogens (primary N) is 1. The Labute approximate surface area is 119 Å². The van der Waals surface area contributed by atoms with E-state index >= 15 is 0 Å². The number of aromatic nitrogens is 1. The fraction of sp³-hybridized carbons (Fsp3) is 0. The van der Waals surface area contributed by atoms with Crippen LogP contribution in [0.1, 0.15) is 10.6 Å². The molecule has 0 atom stereocenters. The molecule has 0 unspecified atom stereocenters. The van der Waals surface area contributed by atoms with Crippen molar-refractivity contribution in [3.63, 3.8) is 0 Å². The first kappa shape index (κ1) is 12.4. The summed E-state index contributed by atoms with van der Waals surface area (Å²) in [5, 5.41) is 3.68. The van der Waals surface area contributed by atoms with Gasteiger partial charge in [0.1, 0.15) is 10.7 Å². The van der Waals surface area contributed by atoms with Gasteiger partial charge in [0.25, 0.3) is 5.91 Å². The number of nitrogens with zero attached hydrogens (tertiary/aromatic N) is 1. The van der Waals surface area contributed by atoms with E-state index in [1.54, 1.807) is 12.1 Å². The fourth-order valence-corrected chi connectivity index (χ4v) is 2.50. The smallest absolute Gasteiger partial charge is 0.293 e. The molecule has 20 heavy (non-hydrogen) atoms. The van der Waals surface area contributed by atoms with E-state index in [-0.39, 0.29) is 11.7 Å². The number of rotatable bonds is 3. The maximum absolute atomic E-state index is 11.9. The molecule has 0 aliphatic rings. The van der Waals surface area contributed by atoms with Crippen molar-refractivity contribution in [1.29, 1.82) is 0 Å². The van der Waals surface area contributed by atoms with E-state index in [2.05, 4.69) is 10.3 Å².